The van der Waals surface area contributed by atoms with Crippen LogP contribution in [0.4, 0.5) is 8.78 Å². The van der Waals surface area contributed by atoms with Crippen LogP contribution in [0, 0.1) is 11.6 Å². The van der Waals surface area contributed by atoms with Crippen LogP contribution in [-0.4, -0.2) is 35.2 Å². The quantitative estimate of drug-likeness (QED) is 0.859. The van der Waals surface area contributed by atoms with Gasteiger partial charge in [-0.1, -0.05) is 6.92 Å². The normalized spacial score (nSPS) is 19.6. The van der Waals surface area contributed by atoms with Crippen molar-refractivity contribution < 1.29 is 13.9 Å². The Morgan fingerprint density at radius 1 is 1.32 bits per heavy atom. The summed E-state index contributed by atoms with van der Waals surface area (Å²) in [5.41, 5.74) is -1.03. The van der Waals surface area contributed by atoms with E-state index in [2.05, 4.69) is 27.8 Å². The summed E-state index contributed by atoms with van der Waals surface area (Å²) in [5.74, 6) is -1.20. The van der Waals surface area contributed by atoms with Gasteiger partial charge in [-0.3, -0.25) is 0 Å². The number of aliphatic hydroxyl groups is 1. The van der Waals surface area contributed by atoms with E-state index in [-0.39, 0.29) is 16.5 Å². The van der Waals surface area contributed by atoms with Gasteiger partial charge in [0.25, 0.3) is 0 Å². The molecule has 0 aliphatic carbocycles. The van der Waals surface area contributed by atoms with Gasteiger partial charge in [-0.05, 0) is 47.4 Å². The lowest BCUT2D eigenvalue weighted by Gasteiger charge is -2.38. The average molecular weight is 334 g/mol. The SMILES string of the molecule is CCN1CCC(O)(Cc2c(F)ccc(Br)c2F)CC1. The fourth-order valence-electron chi connectivity index (χ4n) is 2.52. The van der Waals surface area contributed by atoms with Crippen LogP contribution in [0.1, 0.15) is 25.3 Å². The molecule has 106 valence electrons. The van der Waals surface area contributed by atoms with Crippen LogP contribution in [0.5, 0.6) is 0 Å². The number of likely N-dealkylation sites (tertiary alicyclic amines) is 1. The van der Waals surface area contributed by atoms with Crippen molar-refractivity contribution in [2.75, 3.05) is 19.6 Å². The third kappa shape index (κ3) is 3.33. The zero-order chi connectivity index (χ0) is 14.0. The van der Waals surface area contributed by atoms with Gasteiger partial charge in [-0.2, -0.15) is 0 Å². The second kappa shape index (κ2) is 5.85. The average Bonchev–Trinajstić information content (AvgIpc) is 2.40. The Morgan fingerprint density at radius 3 is 2.53 bits per heavy atom. The molecule has 1 aliphatic rings. The van der Waals surface area contributed by atoms with Crippen LogP contribution in [0.3, 0.4) is 0 Å². The minimum atomic E-state index is -1.01. The minimum Gasteiger partial charge on any atom is -0.389 e. The Balaban J connectivity index is 2.15. The summed E-state index contributed by atoms with van der Waals surface area (Å²) >= 11 is 3.05. The topological polar surface area (TPSA) is 23.5 Å². The molecule has 0 atom stereocenters. The molecular weight excluding hydrogens is 316 g/mol. The lowest BCUT2D eigenvalue weighted by molar-refractivity contribution is -0.0206. The van der Waals surface area contributed by atoms with Crippen molar-refractivity contribution in [1.82, 2.24) is 4.90 Å². The zero-order valence-electron chi connectivity index (χ0n) is 10.9. The van der Waals surface area contributed by atoms with E-state index in [0.717, 1.165) is 19.6 Å². The number of nitrogens with zero attached hydrogens (tertiary/aromatic N) is 1. The van der Waals surface area contributed by atoms with Crippen LogP contribution in [0.15, 0.2) is 16.6 Å². The highest BCUT2D eigenvalue weighted by molar-refractivity contribution is 9.10. The Labute approximate surface area is 120 Å². The van der Waals surface area contributed by atoms with E-state index in [4.69, 9.17) is 0 Å². The monoisotopic (exact) mass is 333 g/mol. The lowest BCUT2D eigenvalue weighted by Crippen LogP contribution is -2.45. The van der Waals surface area contributed by atoms with E-state index in [1.165, 1.54) is 12.1 Å². The van der Waals surface area contributed by atoms with Crippen molar-refractivity contribution in [1.29, 1.82) is 0 Å². The van der Waals surface area contributed by atoms with Gasteiger partial charge in [-0.15, -0.1) is 0 Å². The fraction of sp³-hybridized carbons (Fsp3) is 0.571. The molecule has 2 rings (SSSR count). The first kappa shape index (κ1) is 14.9. The van der Waals surface area contributed by atoms with Crippen molar-refractivity contribution in [2.24, 2.45) is 0 Å². The first-order chi connectivity index (χ1) is 8.95. The first-order valence-corrected chi connectivity index (χ1v) is 7.31. The van der Waals surface area contributed by atoms with E-state index < -0.39 is 17.2 Å². The predicted molar refractivity (Wildman–Crippen MR) is 74.1 cm³/mol. The lowest BCUT2D eigenvalue weighted by atomic mass is 9.85. The molecule has 0 saturated carbocycles. The minimum absolute atomic E-state index is 0.0261. The number of halogens is 3. The van der Waals surface area contributed by atoms with E-state index in [0.29, 0.717) is 12.8 Å². The first-order valence-electron chi connectivity index (χ1n) is 6.52. The van der Waals surface area contributed by atoms with Crippen LogP contribution in [0.25, 0.3) is 0 Å². The number of benzene rings is 1. The van der Waals surface area contributed by atoms with Crippen molar-refractivity contribution in [3.05, 3.63) is 33.8 Å². The highest BCUT2D eigenvalue weighted by Gasteiger charge is 2.34. The zero-order valence-corrected chi connectivity index (χ0v) is 12.5. The third-order valence-corrected chi connectivity index (χ3v) is 4.49. The highest BCUT2D eigenvalue weighted by Crippen LogP contribution is 2.30. The van der Waals surface area contributed by atoms with Gasteiger partial charge in [0.2, 0.25) is 0 Å². The van der Waals surface area contributed by atoms with Crippen molar-refractivity contribution in [3.8, 4) is 0 Å². The molecule has 1 fully saturated rings. The Hall–Kier alpha value is -0.520. The number of hydrogen-bond acceptors (Lipinski definition) is 2. The summed E-state index contributed by atoms with van der Waals surface area (Å²) in [7, 11) is 0. The van der Waals surface area contributed by atoms with Gasteiger partial charge in [0, 0.05) is 25.1 Å². The number of rotatable bonds is 3. The van der Waals surface area contributed by atoms with Gasteiger partial charge in [0.05, 0.1) is 10.1 Å². The molecule has 0 unspecified atom stereocenters. The number of piperidine rings is 1. The molecule has 2 nitrogen and oxygen atoms in total. The molecular formula is C14H18BrF2NO. The molecule has 1 saturated heterocycles. The van der Waals surface area contributed by atoms with Gasteiger partial charge in [0.1, 0.15) is 11.6 Å². The molecule has 5 heteroatoms. The standard InChI is InChI=1S/C14H18BrF2NO/c1-2-18-7-5-14(19,6-8-18)9-10-12(16)4-3-11(15)13(10)17/h3-4,19H,2,5-9H2,1H3. The van der Waals surface area contributed by atoms with Crippen molar-refractivity contribution >= 4 is 15.9 Å². The Morgan fingerprint density at radius 2 is 1.95 bits per heavy atom. The van der Waals surface area contributed by atoms with Crippen LogP contribution in [0.2, 0.25) is 0 Å². The van der Waals surface area contributed by atoms with Crippen LogP contribution >= 0.6 is 15.9 Å². The van der Waals surface area contributed by atoms with E-state index in [9.17, 15) is 13.9 Å². The van der Waals surface area contributed by atoms with E-state index in [1.807, 2.05) is 0 Å². The molecule has 0 aromatic heterocycles. The van der Waals surface area contributed by atoms with Crippen molar-refractivity contribution in [2.45, 2.75) is 31.8 Å². The summed E-state index contributed by atoms with van der Waals surface area (Å²) in [5, 5.41) is 10.5. The largest absolute Gasteiger partial charge is 0.389 e. The van der Waals surface area contributed by atoms with Gasteiger partial charge >= 0.3 is 0 Å². The van der Waals surface area contributed by atoms with Crippen LogP contribution < -0.4 is 0 Å². The summed E-state index contributed by atoms with van der Waals surface area (Å²) in [6.07, 6.45) is 1.13. The van der Waals surface area contributed by atoms with Crippen molar-refractivity contribution in [3.63, 3.8) is 0 Å². The summed E-state index contributed by atoms with van der Waals surface area (Å²) < 4.78 is 27.9. The molecule has 0 amide bonds. The molecule has 0 radical (unpaired) electrons. The van der Waals surface area contributed by atoms with Gasteiger partial charge < -0.3 is 10.0 Å². The number of hydrogen-bond donors (Lipinski definition) is 1. The molecule has 1 heterocycles. The molecule has 1 aromatic carbocycles. The second-order valence-corrected chi connectivity index (χ2v) is 6.01. The second-order valence-electron chi connectivity index (χ2n) is 5.16. The predicted octanol–water partition coefficient (Wildman–Crippen LogP) is 3.12. The Kier molecular flexibility index (Phi) is 4.58. The molecule has 0 spiro atoms. The fourth-order valence-corrected chi connectivity index (χ4v) is 2.89. The third-order valence-electron chi connectivity index (χ3n) is 3.88. The summed E-state index contributed by atoms with van der Waals surface area (Å²) in [6.45, 7) is 4.54. The van der Waals surface area contributed by atoms with Gasteiger partial charge in [-0.25, -0.2) is 8.78 Å². The molecule has 1 aromatic rings. The maximum Gasteiger partial charge on any atom is 0.143 e. The summed E-state index contributed by atoms with van der Waals surface area (Å²) in [6, 6.07) is 2.57. The van der Waals surface area contributed by atoms with Crippen LogP contribution in [-0.2, 0) is 6.42 Å². The molecule has 0 bridgehead atoms. The molecule has 1 N–H and O–H groups in total. The maximum absolute atomic E-state index is 13.9. The van der Waals surface area contributed by atoms with Gasteiger partial charge in [0.15, 0.2) is 0 Å². The van der Waals surface area contributed by atoms with E-state index >= 15 is 0 Å². The molecule has 1 aliphatic heterocycles. The summed E-state index contributed by atoms with van der Waals surface area (Å²) in [4.78, 5) is 2.22. The smallest absolute Gasteiger partial charge is 0.143 e. The maximum atomic E-state index is 13.9. The highest BCUT2D eigenvalue weighted by atomic mass is 79.9. The molecule has 19 heavy (non-hydrogen) atoms. The Bertz CT molecular complexity index is 459. The van der Waals surface area contributed by atoms with E-state index in [1.54, 1.807) is 0 Å².